The molecule has 0 atom stereocenters. The lowest BCUT2D eigenvalue weighted by Gasteiger charge is -1.94. The monoisotopic (exact) mass is 204 g/mol. The van der Waals surface area contributed by atoms with Crippen LogP contribution in [0, 0.1) is 0 Å². The molecule has 0 amide bonds. The summed E-state index contributed by atoms with van der Waals surface area (Å²) in [6.45, 7) is 0. The number of nitrogens with two attached hydrogens (primary N) is 2. The van der Waals surface area contributed by atoms with E-state index in [1.807, 2.05) is 0 Å². The quantitative estimate of drug-likeness (QED) is 0.436. The maximum atomic E-state index is 10.2. The van der Waals surface area contributed by atoms with Crippen molar-refractivity contribution >= 4 is 35.8 Å². The second kappa shape index (κ2) is 2.51. The third kappa shape index (κ3) is 2.66. The summed E-state index contributed by atoms with van der Waals surface area (Å²) in [7, 11) is -8.68. The molecule has 0 spiro atoms. The molecule has 0 unspecified atom stereocenters. The number of rotatable bonds is 0. The Hall–Kier alpha value is -0.0900. The molecule has 6 nitrogen and oxygen atoms in total. The van der Waals surface area contributed by atoms with Crippen molar-refractivity contribution in [1.82, 2.24) is 0 Å². The summed E-state index contributed by atoms with van der Waals surface area (Å²) >= 11 is 3.90. The summed E-state index contributed by atoms with van der Waals surface area (Å²) < 4.78 is 39.3. The third-order valence-corrected chi connectivity index (χ3v) is 4.18. The number of primary sulfonamides is 2. The molecule has 0 bridgehead atoms. The molecule has 0 rings (SSSR count). The Morgan fingerprint density at radius 1 is 1.00 bits per heavy atom. The molecule has 10 heavy (non-hydrogen) atoms. The normalized spacial score (nSPS) is 13.0. The van der Waals surface area contributed by atoms with E-state index in [4.69, 9.17) is 0 Å². The first kappa shape index (κ1) is 9.91. The van der Waals surface area contributed by atoms with Gasteiger partial charge in [-0.25, -0.2) is 27.1 Å². The van der Waals surface area contributed by atoms with Gasteiger partial charge in [0, 0.05) is 0 Å². The Morgan fingerprint density at radius 2 is 1.20 bits per heavy atom. The van der Waals surface area contributed by atoms with Gasteiger partial charge in [0.05, 0.1) is 0 Å². The Bertz CT molecular complexity index is 301. The summed E-state index contributed by atoms with van der Waals surface area (Å²) in [5.41, 5.74) is 0. The molecule has 0 radical (unpaired) electrons. The highest BCUT2D eigenvalue weighted by molar-refractivity contribution is 8.39. The van der Waals surface area contributed by atoms with Crippen LogP contribution in [0.4, 0.5) is 0 Å². The number of hydrogen-bond donors (Lipinski definition) is 2. The standard InChI is InChI=1S/CH4N2O4S3/c2-9(4,5)1(8)10(3,6)7/h(H2,2,4,5)(H2,3,6,7). The number of hydrogen-bond acceptors (Lipinski definition) is 5. The predicted octanol–water partition coefficient (Wildman–Crippen LogP) is -2.15. The predicted molar refractivity (Wildman–Crippen MR) is 38.8 cm³/mol. The lowest BCUT2D eigenvalue weighted by molar-refractivity contribution is 0.605. The van der Waals surface area contributed by atoms with Crippen molar-refractivity contribution in [3.8, 4) is 0 Å². The summed E-state index contributed by atoms with van der Waals surface area (Å²) in [6, 6.07) is 0. The molecule has 0 aliphatic rings. The topological polar surface area (TPSA) is 120 Å². The van der Waals surface area contributed by atoms with E-state index in [0.29, 0.717) is 0 Å². The minimum atomic E-state index is -4.34. The molecule has 0 aliphatic carbocycles. The van der Waals surface area contributed by atoms with E-state index in [0.717, 1.165) is 0 Å². The lowest BCUT2D eigenvalue weighted by atomic mass is 11.9. The molecular weight excluding hydrogens is 200 g/mol. The van der Waals surface area contributed by atoms with Gasteiger partial charge in [-0.1, -0.05) is 12.2 Å². The largest absolute Gasteiger partial charge is 0.260 e. The van der Waals surface area contributed by atoms with Crippen LogP contribution >= 0.6 is 12.2 Å². The van der Waals surface area contributed by atoms with Crippen molar-refractivity contribution in [2.75, 3.05) is 0 Å². The smallest absolute Gasteiger partial charge is 0.223 e. The van der Waals surface area contributed by atoms with Crippen LogP contribution in [-0.2, 0) is 20.0 Å². The summed E-state index contributed by atoms with van der Waals surface area (Å²) in [5, 5.41) is 8.67. The average molecular weight is 204 g/mol. The Labute approximate surface area is 63.3 Å². The van der Waals surface area contributed by atoms with Crippen molar-refractivity contribution in [3.63, 3.8) is 0 Å². The van der Waals surface area contributed by atoms with Crippen LogP contribution in [0.1, 0.15) is 0 Å². The molecule has 0 aromatic heterocycles. The summed E-state index contributed by atoms with van der Waals surface area (Å²) in [5.74, 6) is 0. The van der Waals surface area contributed by atoms with Crippen molar-refractivity contribution in [1.29, 1.82) is 0 Å². The highest BCUT2D eigenvalue weighted by atomic mass is 32.3. The van der Waals surface area contributed by atoms with E-state index >= 15 is 0 Å². The van der Waals surface area contributed by atoms with Crippen molar-refractivity contribution in [2.45, 2.75) is 0 Å². The zero-order chi connectivity index (χ0) is 8.58. The third-order valence-electron chi connectivity index (χ3n) is 0.465. The minimum Gasteiger partial charge on any atom is -0.223 e. The average Bonchev–Trinajstić information content (AvgIpc) is 1.59. The number of thiocarbonyl (C=S) groups is 1. The van der Waals surface area contributed by atoms with Crippen molar-refractivity contribution in [3.05, 3.63) is 0 Å². The van der Waals surface area contributed by atoms with Gasteiger partial charge in [0.15, 0.2) is 0 Å². The fourth-order valence-electron chi connectivity index (χ4n) is 0.162. The zero-order valence-electron chi connectivity index (χ0n) is 4.51. The first-order valence-electron chi connectivity index (χ1n) is 1.75. The zero-order valence-corrected chi connectivity index (χ0v) is 6.96. The van der Waals surface area contributed by atoms with Crippen molar-refractivity contribution < 1.29 is 16.8 Å². The molecule has 0 saturated carbocycles. The van der Waals surface area contributed by atoms with Gasteiger partial charge >= 0.3 is 0 Å². The van der Waals surface area contributed by atoms with Crippen LogP contribution in [0.2, 0.25) is 0 Å². The van der Waals surface area contributed by atoms with Gasteiger partial charge in [-0.15, -0.1) is 0 Å². The molecule has 0 saturated heterocycles. The molecule has 0 aliphatic heterocycles. The molecule has 0 heterocycles. The maximum Gasteiger partial charge on any atom is 0.260 e. The van der Waals surface area contributed by atoms with Gasteiger partial charge in [-0.2, -0.15) is 0 Å². The summed E-state index contributed by atoms with van der Waals surface area (Å²) in [6.07, 6.45) is 0. The van der Waals surface area contributed by atoms with E-state index in [2.05, 4.69) is 22.5 Å². The molecular formula is CH4N2O4S3. The van der Waals surface area contributed by atoms with Gasteiger partial charge in [0.25, 0.3) is 23.6 Å². The molecule has 0 fully saturated rings. The van der Waals surface area contributed by atoms with Crippen molar-refractivity contribution in [2.24, 2.45) is 10.3 Å². The second-order valence-electron chi connectivity index (χ2n) is 1.34. The summed E-state index contributed by atoms with van der Waals surface area (Å²) in [4.78, 5) is 0. The Morgan fingerprint density at radius 3 is 1.20 bits per heavy atom. The van der Waals surface area contributed by atoms with Crippen LogP contribution in [0.5, 0.6) is 0 Å². The van der Waals surface area contributed by atoms with Gasteiger partial charge in [-0.05, 0) is 0 Å². The fraction of sp³-hybridized carbons (Fsp3) is 0. The molecule has 9 heteroatoms. The first-order chi connectivity index (χ1) is 4.15. The second-order valence-corrected chi connectivity index (χ2v) is 5.52. The lowest BCUT2D eigenvalue weighted by Crippen LogP contribution is -2.33. The Kier molecular flexibility index (Phi) is 2.49. The van der Waals surface area contributed by atoms with Gasteiger partial charge in [-0.3, -0.25) is 0 Å². The molecule has 4 N–H and O–H groups in total. The maximum absolute atomic E-state index is 10.2. The molecule has 0 aromatic rings. The fourth-order valence-corrected chi connectivity index (χ4v) is 1.46. The van der Waals surface area contributed by atoms with Gasteiger partial charge < -0.3 is 0 Å². The van der Waals surface area contributed by atoms with E-state index in [1.165, 1.54) is 0 Å². The van der Waals surface area contributed by atoms with Crippen LogP contribution in [0.15, 0.2) is 0 Å². The van der Waals surface area contributed by atoms with E-state index in [9.17, 15) is 16.8 Å². The SMILES string of the molecule is NS(=O)(=O)C(=S)S(N)(=O)=O. The van der Waals surface area contributed by atoms with Crippen LogP contribution < -0.4 is 10.3 Å². The first-order valence-corrected chi connectivity index (χ1v) is 5.25. The minimum absolute atomic E-state index is 1.35. The highest BCUT2D eigenvalue weighted by Gasteiger charge is 2.23. The highest BCUT2D eigenvalue weighted by Crippen LogP contribution is 1.91. The van der Waals surface area contributed by atoms with Gasteiger partial charge in [0.2, 0.25) is 0 Å². The van der Waals surface area contributed by atoms with E-state index in [1.54, 1.807) is 0 Å². The molecule has 60 valence electrons. The van der Waals surface area contributed by atoms with Crippen LogP contribution in [-0.4, -0.2) is 20.4 Å². The van der Waals surface area contributed by atoms with E-state index in [-0.39, 0.29) is 0 Å². The van der Waals surface area contributed by atoms with Crippen LogP contribution in [0.3, 0.4) is 0 Å². The van der Waals surface area contributed by atoms with E-state index < -0.39 is 23.6 Å². The Balaban J connectivity index is 5.16. The van der Waals surface area contributed by atoms with Crippen LogP contribution in [0.25, 0.3) is 0 Å². The molecule has 0 aromatic carbocycles. The number of sulfonamides is 2. The van der Waals surface area contributed by atoms with Gasteiger partial charge in [0.1, 0.15) is 0 Å².